The monoisotopic (exact) mass is 374 g/mol. The van der Waals surface area contributed by atoms with E-state index in [0.717, 1.165) is 22.9 Å². The molecule has 0 aliphatic carbocycles. The lowest BCUT2D eigenvalue weighted by atomic mass is 10.1. The van der Waals surface area contributed by atoms with Gasteiger partial charge in [-0.25, -0.2) is 13.4 Å². The zero-order valence-corrected chi connectivity index (χ0v) is 15.1. The van der Waals surface area contributed by atoms with Crippen LogP contribution in [0.25, 0.3) is 22.3 Å². The molecule has 136 valence electrons. The largest absolute Gasteiger partial charge is 0.480 e. The van der Waals surface area contributed by atoms with Crippen molar-refractivity contribution < 1.29 is 18.3 Å². The van der Waals surface area contributed by atoms with Crippen LogP contribution in [0.5, 0.6) is 0 Å². The molecule has 0 spiro atoms. The molecule has 8 nitrogen and oxygen atoms in total. The van der Waals surface area contributed by atoms with Gasteiger partial charge in [-0.2, -0.15) is 5.10 Å². The second kappa shape index (κ2) is 6.49. The second-order valence-corrected chi connectivity index (χ2v) is 8.74. The van der Waals surface area contributed by atoms with E-state index in [4.69, 9.17) is 0 Å². The zero-order chi connectivity index (χ0) is 18.9. The summed E-state index contributed by atoms with van der Waals surface area (Å²) in [6.45, 7) is 1.36. The topological polar surface area (TPSA) is 115 Å². The van der Waals surface area contributed by atoms with Gasteiger partial charge in [0.15, 0.2) is 14.6 Å². The van der Waals surface area contributed by atoms with Crippen LogP contribution in [0, 0.1) is 0 Å². The third-order valence-corrected chi connectivity index (χ3v) is 6.48. The Kier molecular flexibility index (Phi) is 4.49. The fourth-order valence-corrected chi connectivity index (χ4v) is 3.27. The number of aryl methyl sites for hydroxylation is 1. The fourth-order valence-electron chi connectivity index (χ4n) is 2.49. The normalized spacial score (nSPS) is 14.2. The van der Waals surface area contributed by atoms with Crippen molar-refractivity contribution in [1.29, 1.82) is 0 Å². The molecule has 1 atom stereocenters. The first kappa shape index (κ1) is 18.0. The molecular formula is C17H18N4O4S. The number of nitrogens with zero attached hydrogens (tertiary/aromatic N) is 4. The minimum atomic E-state index is -3.77. The molecule has 1 N–H and O–H groups in total. The fraction of sp³-hybridized carbons (Fsp3) is 0.294. The summed E-state index contributed by atoms with van der Waals surface area (Å²) in [5.74, 6) is -1.37. The van der Waals surface area contributed by atoms with E-state index in [1.165, 1.54) is 11.6 Å². The quantitative estimate of drug-likeness (QED) is 0.699. The maximum atomic E-state index is 11.8. The van der Waals surface area contributed by atoms with E-state index in [2.05, 4.69) is 15.1 Å². The second-order valence-electron chi connectivity index (χ2n) is 6.29. The highest BCUT2D eigenvalue weighted by Crippen LogP contribution is 2.23. The van der Waals surface area contributed by atoms with Gasteiger partial charge >= 0.3 is 5.97 Å². The van der Waals surface area contributed by atoms with Gasteiger partial charge in [0.05, 0.1) is 29.1 Å². The van der Waals surface area contributed by atoms with Crippen LogP contribution in [0.1, 0.15) is 13.3 Å². The smallest absolute Gasteiger partial charge is 0.324 e. The van der Waals surface area contributed by atoms with E-state index in [-0.39, 0.29) is 13.0 Å². The van der Waals surface area contributed by atoms with Gasteiger partial charge in [-0.15, -0.1) is 0 Å². The van der Waals surface area contributed by atoms with Crippen molar-refractivity contribution in [3.05, 3.63) is 42.9 Å². The SMILES string of the molecule is CC(CCn1cc(-c2cnc3ccccc3n2)cn1)(C(=O)O)S(C)(=O)=O. The summed E-state index contributed by atoms with van der Waals surface area (Å²) in [6, 6.07) is 7.49. The summed E-state index contributed by atoms with van der Waals surface area (Å²) in [5, 5.41) is 13.5. The third kappa shape index (κ3) is 3.30. The van der Waals surface area contributed by atoms with Gasteiger partial charge in [-0.3, -0.25) is 14.5 Å². The van der Waals surface area contributed by atoms with Crippen LogP contribution in [-0.4, -0.2) is 50.2 Å². The molecule has 0 saturated carbocycles. The molecule has 0 radical (unpaired) electrons. The number of carbonyl (C=O) groups is 1. The number of carboxylic acid groups (broad SMARTS) is 1. The highest BCUT2D eigenvalue weighted by molar-refractivity contribution is 7.92. The predicted molar refractivity (Wildman–Crippen MR) is 96.3 cm³/mol. The lowest BCUT2D eigenvalue weighted by Crippen LogP contribution is -2.43. The first-order valence-electron chi connectivity index (χ1n) is 7.88. The minimum Gasteiger partial charge on any atom is -0.480 e. The summed E-state index contributed by atoms with van der Waals surface area (Å²) in [4.78, 5) is 20.3. The molecule has 0 amide bonds. The number of benzene rings is 1. The lowest BCUT2D eigenvalue weighted by molar-refractivity contribution is -0.139. The number of rotatable bonds is 6. The molecule has 2 heterocycles. The molecule has 0 bridgehead atoms. The number of para-hydroxylation sites is 2. The Morgan fingerprint density at radius 2 is 1.92 bits per heavy atom. The third-order valence-electron chi connectivity index (χ3n) is 4.47. The highest BCUT2D eigenvalue weighted by atomic mass is 32.2. The van der Waals surface area contributed by atoms with Gasteiger partial charge in [0.2, 0.25) is 0 Å². The van der Waals surface area contributed by atoms with E-state index in [9.17, 15) is 18.3 Å². The van der Waals surface area contributed by atoms with E-state index >= 15 is 0 Å². The molecule has 3 rings (SSSR count). The minimum absolute atomic E-state index is 0.0916. The number of hydrogen-bond donors (Lipinski definition) is 1. The standard InChI is InChI=1S/C17H18N4O4S/c1-17(16(22)23,26(2,24)25)7-8-21-11-12(9-19-21)15-10-18-13-5-3-4-6-14(13)20-15/h3-6,9-11H,7-8H2,1-2H3,(H,22,23). The summed E-state index contributed by atoms with van der Waals surface area (Å²) in [7, 11) is -3.77. The Morgan fingerprint density at radius 1 is 1.23 bits per heavy atom. The molecule has 3 aromatic rings. The van der Waals surface area contributed by atoms with Gasteiger partial charge in [-0.1, -0.05) is 12.1 Å². The molecule has 2 aromatic heterocycles. The van der Waals surface area contributed by atoms with E-state index < -0.39 is 20.6 Å². The Bertz CT molecular complexity index is 1080. The van der Waals surface area contributed by atoms with Gasteiger partial charge in [0, 0.05) is 24.6 Å². The van der Waals surface area contributed by atoms with Crippen molar-refractivity contribution >= 4 is 26.8 Å². The summed E-state index contributed by atoms with van der Waals surface area (Å²) < 4.78 is 23.3. The number of fused-ring (bicyclic) bond motifs is 1. The maximum absolute atomic E-state index is 11.8. The average molecular weight is 374 g/mol. The number of carboxylic acids is 1. The first-order chi connectivity index (χ1) is 12.2. The van der Waals surface area contributed by atoms with Crippen molar-refractivity contribution in [3.63, 3.8) is 0 Å². The molecule has 9 heteroatoms. The van der Waals surface area contributed by atoms with Crippen LogP contribution in [0.3, 0.4) is 0 Å². The molecule has 1 unspecified atom stereocenters. The number of sulfone groups is 1. The molecular weight excluding hydrogens is 356 g/mol. The maximum Gasteiger partial charge on any atom is 0.324 e. The van der Waals surface area contributed by atoms with Crippen molar-refractivity contribution in [1.82, 2.24) is 19.7 Å². The first-order valence-corrected chi connectivity index (χ1v) is 9.77. The molecule has 0 saturated heterocycles. The number of aromatic nitrogens is 4. The summed E-state index contributed by atoms with van der Waals surface area (Å²) in [6.07, 6.45) is 5.77. The lowest BCUT2D eigenvalue weighted by Gasteiger charge is -2.22. The summed E-state index contributed by atoms with van der Waals surface area (Å²) >= 11 is 0. The van der Waals surface area contributed by atoms with E-state index in [0.29, 0.717) is 5.69 Å². The van der Waals surface area contributed by atoms with Gasteiger partial charge < -0.3 is 5.11 Å². The van der Waals surface area contributed by atoms with Gasteiger partial charge in [0.25, 0.3) is 0 Å². The van der Waals surface area contributed by atoms with Crippen molar-refractivity contribution in [3.8, 4) is 11.3 Å². The van der Waals surface area contributed by atoms with Crippen molar-refractivity contribution in [2.45, 2.75) is 24.6 Å². The van der Waals surface area contributed by atoms with Gasteiger partial charge in [0.1, 0.15) is 0 Å². The Morgan fingerprint density at radius 3 is 2.58 bits per heavy atom. The number of aliphatic carboxylic acids is 1. The predicted octanol–water partition coefficient (Wildman–Crippen LogP) is 1.77. The Balaban J connectivity index is 1.82. The number of hydrogen-bond acceptors (Lipinski definition) is 6. The average Bonchev–Trinajstić information content (AvgIpc) is 3.07. The summed E-state index contributed by atoms with van der Waals surface area (Å²) in [5.41, 5.74) is 2.90. The van der Waals surface area contributed by atoms with Crippen molar-refractivity contribution in [2.75, 3.05) is 6.26 Å². The Hall–Kier alpha value is -2.81. The van der Waals surface area contributed by atoms with E-state index in [1.807, 2.05) is 24.3 Å². The molecule has 1 aromatic carbocycles. The van der Waals surface area contributed by atoms with Crippen LogP contribution in [-0.2, 0) is 21.2 Å². The van der Waals surface area contributed by atoms with Crippen LogP contribution < -0.4 is 0 Å². The van der Waals surface area contributed by atoms with Crippen LogP contribution in [0.2, 0.25) is 0 Å². The molecule has 26 heavy (non-hydrogen) atoms. The molecule has 0 fully saturated rings. The zero-order valence-electron chi connectivity index (χ0n) is 14.3. The van der Waals surface area contributed by atoms with Crippen molar-refractivity contribution in [2.24, 2.45) is 0 Å². The molecule has 0 aliphatic rings. The van der Waals surface area contributed by atoms with Crippen LogP contribution >= 0.6 is 0 Å². The molecule has 0 aliphatic heterocycles. The van der Waals surface area contributed by atoms with E-state index in [1.54, 1.807) is 18.6 Å². The van der Waals surface area contributed by atoms with Gasteiger partial charge in [-0.05, 0) is 25.5 Å². The van der Waals surface area contributed by atoms with Crippen LogP contribution in [0.15, 0.2) is 42.9 Å². The highest BCUT2D eigenvalue weighted by Gasteiger charge is 2.43. The van der Waals surface area contributed by atoms with Crippen LogP contribution in [0.4, 0.5) is 0 Å². The Labute approximate surface area is 150 Å².